The van der Waals surface area contributed by atoms with E-state index in [1.807, 2.05) is 0 Å². The first-order valence-electron chi connectivity index (χ1n) is 10.3. The number of alkyl halides is 3. The van der Waals surface area contributed by atoms with E-state index in [1.165, 1.54) is 6.92 Å². The van der Waals surface area contributed by atoms with Gasteiger partial charge in [-0.2, -0.15) is 18.2 Å². The third kappa shape index (κ3) is 5.86. The van der Waals surface area contributed by atoms with E-state index >= 15 is 0 Å². The lowest BCUT2D eigenvalue weighted by atomic mass is 10.1. The molecule has 1 aromatic heterocycles. The molecule has 2 amide bonds. The molecule has 0 bridgehead atoms. The fourth-order valence-corrected chi connectivity index (χ4v) is 4.06. The van der Waals surface area contributed by atoms with Crippen LogP contribution in [0.2, 0.25) is 0 Å². The van der Waals surface area contributed by atoms with E-state index in [-0.39, 0.29) is 35.7 Å². The van der Waals surface area contributed by atoms with Crippen LogP contribution in [0.15, 0.2) is 18.9 Å². The molecule has 1 saturated heterocycles. The molecule has 11 heteroatoms. The summed E-state index contributed by atoms with van der Waals surface area (Å²) in [5.74, 6) is -0.673. The SMILES string of the molecule is C=CC(=O)N[C@H]1CCC[C@H]1Nc1nc(N[C@H]2CCCN(C(C)=O)C2)ncc1C(F)(F)F. The van der Waals surface area contributed by atoms with Gasteiger partial charge in [0, 0.05) is 44.3 Å². The molecule has 0 unspecified atom stereocenters. The van der Waals surface area contributed by atoms with Crippen molar-refractivity contribution in [3.05, 3.63) is 24.4 Å². The minimum Gasteiger partial charge on any atom is -0.365 e. The Balaban J connectivity index is 1.78. The Morgan fingerprint density at radius 3 is 2.61 bits per heavy atom. The zero-order chi connectivity index (χ0) is 22.6. The molecular formula is C20H27F3N6O2. The van der Waals surface area contributed by atoms with Crippen LogP contribution in [0.25, 0.3) is 0 Å². The van der Waals surface area contributed by atoms with Crippen molar-refractivity contribution in [2.24, 2.45) is 0 Å². The Morgan fingerprint density at radius 1 is 1.19 bits per heavy atom. The monoisotopic (exact) mass is 440 g/mol. The predicted molar refractivity (Wildman–Crippen MR) is 109 cm³/mol. The number of aromatic nitrogens is 2. The number of rotatable bonds is 6. The first-order chi connectivity index (χ1) is 14.7. The van der Waals surface area contributed by atoms with Gasteiger partial charge in [0.1, 0.15) is 11.4 Å². The zero-order valence-electron chi connectivity index (χ0n) is 17.3. The molecule has 0 aromatic carbocycles. The molecule has 0 radical (unpaired) electrons. The molecular weight excluding hydrogens is 413 g/mol. The molecule has 2 aliphatic rings. The number of piperidine rings is 1. The van der Waals surface area contributed by atoms with E-state index in [0.717, 1.165) is 31.5 Å². The molecule has 170 valence electrons. The smallest absolute Gasteiger partial charge is 0.365 e. The summed E-state index contributed by atoms with van der Waals surface area (Å²) in [4.78, 5) is 32.9. The van der Waals surface area contributed by atoms with Crippen molar-refractivity contribution in [3.63, 3.8) is 0 Å². The number of carbonyl (C=O) groups is 2. The van der Waals surface area contributed by atoms with E-state index in [9.17, 15) is 22.8 Å². The van der Waals surface area contributed by atoms with Crippen molar-refractivity contribution in [2.45, 2.75) is 63.3 Å². The molecule has 1 aromatic rings. The standard InChI is InChI=1S/C20H27F3N6O2/c1-3-17(31)26-15-7-4-8-16(15)27-18-14(20(21,22)23)10-24-19(28-18)25-13-6-5-9-29(11-13)12(2)30/h3,10,13,15-16H,1,4-9,11H2,2H3,(H,26,31)(H2,24,25,27,28)/t13-,15-,16+/m0/s1. The Kier molecular flexibility index (Phi) is 7.01. The highest BCUT2D eigenvalue weighted by molar-refractivity contribution is 5.87. The number of nitrogens with zero attached hydrogens (tertiary/aromatic N) is 3. The van der Waals surface area contributed by atoms with Gasteiger partial charge >= 0.3 is 6.18 Å². The zero-order valence-corrected chi connectivity index (χ0v) is 17.3. The van der Waals surface area contributed by atoms with Crippen molar-refractivity contribution >= 4 is 23.6 Å². The molecule has 8 nitrogen and oxygen atoms in total. The van der Waals surface area contributed by atoms with Crippen molar-refractivity contribution in [1.82, 2.24) is 20.2 Å². The fourth-order valence-electron chi connectivity index (χ4n) is 4.06. The summed E-state index contributed by atoms with van der Waals surface area (Å²) < 4.78 is 40.6. The average molecular weight is 440 g/mol. The summed E-state index contributed by atoms with van der Waals surface area (Å²) in [6.07, 6.45) is 0.828. The van der Waals surface area contributed by atoms with Crippen LogP contribution in [0, 0.1) is 0 Å². The molecule has 1 saturated carbocycles. The van der Waals surface area contributed by atoms with Gasteiger partial charge in [-0.05, 0) is 38.2 Å². The number of halogens is 3. The summed E-state index contributed by atoms with van der Waals surface area (Å²) in [5, 5.41) is 8.69. The van der Waals surface area contributed by atoms with E-state index in [1.54, 1.807) is 4.90 Å². The lowest BCUT2D eigenvalue weighted by Gasteiger charge is -2.32. The van der Waals surface area contributed by atoms with Crippen molar-refractivity contribution < 1.29 is 22.8 Å². The van der Waals surface area contributed by atoms with Gasteiger partial charge in [0.15, 0.2) is 0 Å². The lowest BCUT2D eigenvalue weighted by Crippen LogP contribution is -2.44. The highest BCUT2D eigenvalue weighted by Crippen LogP contribution is 2.35. The number of likely N-dealkylation sites (tertiary alicyclic amines) is 1. The summed E-state index contributed by atoms with van der Waals surface area (Å²) in [6, 6.07) is -0.857. The summed E-state index contributed by atoms with van der Waals surface area (Å²) >= 11 is 0. The maximum Gasteiger partial charge on any atom is 0.421 e. The van der Waals surface area contributed by atoms with E-state index < -0.39 is 17.8 Å². The van der Waals surface area contributed by atoms with Gasteiger partial charge in [-0.3, -0.25) is 9.59 Å². The third-order valence-corrected chi connectivity index (χ3v) is 5.65. The number of nitrogens with one attached hydrogen (secondary N) is 3. The van der Waals surface area contributed by atoms with Crippen LogP contribution in [0.3, 0.4) is 0 Å². The van der Waals surface area contributed by atoms with Gasteiger partial charge in [-0.25, -0.2) is 4.98 Å². The van der Waals surface area contributed by atoms with Crippen LogP contribution in [0.1, 0.15) is 44.6 Å². The van der Waals surface area contributed by atoms with Crippen molar-refractivity contribution in [3.8, 4) is 0 Å². The van der Waals surface area contributed by atoms with Crippen LogP contribution in [0.4, 0.5) is 24.9 Å². The Bertz CT molecular complexity index is 832. The minimum absolute atomic E-state index is 0.0453. The molecule has 2 fully saturated rings. The van der Waals surface area contributed by atoms with Gasteiger partial charge < -0.3 is 20.9 Å². The summed E-state index contributed by atoms with van der Waals surface area (Å²) in [5.41, 5.74) is -0.965. The Labute approximate surface area is 178 Å². The third-order valence-electron chi connectivity index (χ3n) is 5.65. The van der Waals surface area contributed by atoms with Gasteiger partial charge in [-0.15, -0.1) is 0 Å². The van der Waals surface area contributed by atoms with Crippen molar-refractivity contribution in [2.75, 3.05) is 23.7 Å². The molecule has 3 rings (SSSR count). The maximum atomic E-state index is 13.5. The van der Waals surface area contributed by atoms with Crippen molar-refractivity contribution in [1.29, 1.82) is 0 Å². The van der Waals surface area contributed by atoms with Gasteiger partial charge in [-0.1, -0.05) is 6.58 Å². The first kappa shape index (κ1) is 22.8. The van der Waals surface area contributed by atoms with E-state index in [4.69, 9.17) is 0 Å². The summed E-state index contributed by atoms with van der Waals surface area (Å²) in [7, 11) is 0. The van der Waals surface area contributed by atoms with Crippen LogP contribution >= 0.6 is 0 Å². The normalized spacial score (nSPS) is 23.9. The Morgan fingerprint density at radius 2 is 1.94 bits per heavy atom. The topological polar surface area (TPSA) is 99.2 Å². The number of carbonyl (C=O) groups excluding carboxylic acids is 2. The van der Waals surface area contributed by atoms with E-state index in [0.29, 0.717) is 25.9 Å². The lowest BCUT2D eigenvalue weighted by molar-refractivity contribution is -0.137. The highest BCUT2D eigenvalue weighted by Gasteiger charge is 2.37. The van der Waals surface area contributed by atoms with Crippen LogP contribution in [-0.4, -0.2) is 57.9 Å². The van der Waals surface area contributed by atoms with E-state index in [2.05, 4.69) is 32.5 Å². The molecule has 31 heavy (non-hydrogen) atoms. The summed E-state index contributed by atoms with van der Waals surface area (Å²) in [6.45, 7) is 6.00. The van der Waals surface area contributed by atoms with Gasteiger partial charge in [0.05, 0.1) is 0 Å². The largest absolute Gasteiger partial charge is 0.421 e. The molecule has 2 heterocycles. The number of anilines is 2. The van der Waals surface area contributed by atoms with Gasteiger partial charge in [0.2, 0.25) is 17.8 Å². The molecule has 1 aliphatic heterocycles. The number of hydrogen-bond donors (Lipinski definition) is 3. The minimum atomic E-state index is -4.63. The van der Waals surface area contributed by atoms with Crippen LogP contribution in [-0.2, 0) is 15.8 Å². The molecule has 0 spiro atoms. The van der Waals surface area contributed by atoms with Crippen LogP contribution < -0.4 is 16.0 Å². The number of amides is 2. The molecule has 1 aliphatic carbocycles. The fraction of sp³-hybridized carbons (Fsp3) is 0.600. The second kappa shape index (κ2) is 9.52. The molecule has 3 atom stereocenters. The quantitative estimate of drug-likeness (QED) is 0.588. The highest BCUT2D eigenvalue weighted by atomic mass is 19.4. The van der Waals surface area contributed by atoms with Crippen LogP contribution in [0.5, 0.6) is 0 Å². The average Bonchev–Trinajstić information content (AvgIpc) is 3.13. The number of hydrogen-bond acceptors (Lipinski definition) is 6. The maximum absolute atomic E-state index is 13.5. The Hall–Kier alpha value is -2.85. The predicted octanol–water partition coefficient (Wildman–Crippen LogP) is 2.55. The first-order valence-corrected chi connectivity index (χ1v) is 10.3. The van der Waals surface area contributed by atoms with Gasteiger partial charge in [0.25, 0.3) is 0 Å². The second-order valence-corrected chi connectivity index (χ2v) is 7.90. The second-order valence-electron chi connectivity index (χ2n) is 7.90. The molecule has 3 N–H and O–H groups in total.